The molecule has 0 radical (unpaired) electrons. The minimum absolute atomic E-state index is 0. The SMILES string of the molecule is Cc1ccc(N=Nc2c(S(=O)(=O)[O-])cc3cc(C)c(N=Nc4ccc(Nc5nc(O)nc(Nc6ccc(N=Nc7ccc(O)c(C(=O)O)c7)cc6)n5)cc4)c(O)c3c2N)cc1.[Na+]. The van der Waals surface area contributed by atoms with E-state index in [2.05, 4.69) is 56.3 Å². The molecule has 0 unspecified atom stereocenters. The van der Waals surface area contributed by atoms with Gasteiger partial charge in [-0.05, 0) is 116 Å². The average Bonchev–Trinajstić information content (AvgIpc) is 3.21. The second kappa shape index (κ2) is 18.5. The van der Waals surface area contributed by atoms with Crippen molar-refractivity contribution in [2.75, 3.05) is 16.4 Å². The zero-order valence-electron chi connectivity index (χ0n) is 32.7. The maximum atomic E-state index is 12.3. The predicted octanol–water partition coefficient (Wildman–Crippen LogP) is 6.68. The summed E-state index contributed by atoms with van der Waals surface area (Å²) in [5, 5.41) is 71.2. The van der Waals surface area contributed by atoms with Crippen molar-refractivity contribution in [1.82, 2.24) is 15.0 Å². The van der Waals surface area contributed by atoms with Gasteiger partial charge in [0, 0.05) is 11.4 Å². The van der Waals surface area contributed by atoms with E-state index in [-0.39, 0.29) is 80.6 Å². The third kappa shape index (κ3) is 10.3. The Bertz CT molecular complexity index is 3040. The van der Waals surface area contributed by atoms with Gasteiger partial charge in [0.1, 0.15) is 32.8 Å². The van der Waals surface area contributed by atoms with Crippen LogP contribution in [0.4, 0.5) is 63.1 Å². The predicted molar refractivity (Wildman–Crippen MR) is 222 cm³/mol. The van der Waals surface area contributed by atoms with Crippen LogP contribution in [-0.4, -0.2) is 54.3 Å². The Balaban J connectivity index is 0.00000641. The van der Waals surface area contributed by atoms with Gasteiger partial charge in [0.2, 0.25) is 11.9 Å². The zero-order valence-corrected chi connectivity index (χ0v) is 35.6. The van der Waals surface area contributed by atoms with Crippen LogP contribution in [0.5, 0.6) is 17.5 Å². The molecule has 0 fully saturated rings. The van der Waals surface area contributed by atoms with Crippen LogP contribution in [0.3, 0.4) is 0 Å². The average molecular weight is 863 g/mol. The fourth-order valence-electron chi connectivity index (χ4n) is 5.75. The number of azo groups is 3. The third-order valence-corrected chi connectivity index (χ3v) is 9.59. The summed E-state index contributed by atoms with van der Waals surface area (Å²) in [5.74, 6) is -2.08. The maximum absolute atomic E-state index is 12.3. The van der Waals surface area contributed by atoms with E-state index in [0.717, 1.165) is 11.6 Å². The Morgan fingerprint density at radius 1 is 0.661 bits per heavy atom. The molecule has 62 heavy (non-hydrogen) atoms. The number of hydrogen-bond donors (Lipinski definition) is 7. The van der Waals surface area contributed by atoms with Gasteiger partial charge >= 0.3 is 41.5 Å². The van der Waals surface area contributed by atoms with Crippen molar-refractivity contribution in [3.05, 3.63) is 120 Å². The standard InChI is InChI=1S/C40H32N12O8S.Na/c1-20-3-5-25(6-4-20)49-52-35-31(61(58,59)60)18-22-17-21(2)34(36(54)32(22)33(35)41)51-48-27-13-9-24(10-14-27)43-39-44-38(45-40(57)46-39)42-23-7-11-26(12-8-23)47-50-28-15-16-30(53)29(19-28)37(55)56;/h3-19,53-54H,41H2,1-2H3,(H,55,56)(H,58,59,60)(H3,42,43,44,45,46,57);/q;+1/p-1. The number of anilines is 5. The molecule has 0 bridgehead atoms. The number of carbonyl (C=O) groups is 1. The normalized spacial score (nSPS) is 11.7. The molecule has 1 aromatic heterocycles. The van der Waals surface area contributed by atoms with Gasteiger partial charge in [-0.15, -0.1) is 10.2 Å². The molecule has 0 saturated carbocycles. The summed E-state index contributed by atoms with van der Waals surface area (Å²) in [6.45, 7) is 3.49. The van der Waals surface area contributed by atoms with Gasteiger partial charge in [-0.3, -0.25) is 0 Å². The number of carboxylic acid groups (broad SMARTS) is 1. The van der Waals surface area contributed by atoms with Crippen LogP contribution in [0.25, 0.3) is 10.8 Å². The smallest absolute Gasteiger partial charge is 0.744 e. The van der Waals surface area contributed by atoms with Crippen LogP contribution in [0.15, 0.2) is 139 Å². The van der Waals surface area contributed by atoms with E-state index in [1.807, 2.05) is 6.92 Å². The Hall–Kier alpha value is -7.43. The molecular weight excluding hydrogens is 832 g/mol. The molecule has 8 N–H and O–H groups in total. The van der Waals surface area contributed by atoms with Gasteiger partial charge in [-0.1, -0.05) is 17.7 Å². The fourth-order valence-corrected chi connectivity index (χ4v) is 6.41. The van der Waals surface area contributed by atoms with Crippen LogP contribution in [0.1, 0.15) is 21.5 Å². The van der Waals surface area contributed by atoms with Crippen LogP contribution < -0.4 is 45.9 Å². The number of aryl methyl sites for hydroxylation is 2. The van der Waals surface area contributed by atoms with Gasteiger partial charge in [0.25, 0.3) is 0 Å². The number of nitrogens with zero attached hydrogens (tertiary/aromatic N) is 9. The fraction of sp³-hybridized carbons (Fsp3) is 0.0500. The molecule has 0 spiro atoms. The topological polar surface area (TPSA) is 318 Å². The van der Waals surface area contributed by atoms with Gasteiger partial charge in [-0.2, -0.15) is 35.4 Å². The minimum Gasteiger partial charge on any atom is -0.744 e. The monoisotopic (exact) mass is 862 g/mol. The number of aromatic hydroxyl groups is 3. The molecule has 22 heteroatoms. The summed E-state index contributed by atoms with van der Waals surface area (Å²) in [5.41, 5.74) is 9.19. The molecule has 0 atom stereocenters. The van der Waals surface area contributed by atoms with E-state index in [1.54, 1.807) is 79.7 Å². The van der Waals surface area contributed by atoms with Gasteiger partial charge in [-0.25, -0.2) is 13.2 Å². The Morgan fingerprint density at radius 3 is 1.68 bits per heavy atom. The van der Waals surface area contributed by atoms with Crippen molar-refractivity contribution in [2.24, 2.45) is 30.7 Å². The van der Waals surface area contributed by atoms with Crippen molar-refractivity contribution >= 4 is 89.9 Å². The Labute approximate surface area is 373 Å². The molecule has 0 saturated heterocycles. The summed E-state index contributed by atoms with van der Waals surface area (Å²) in [6, 6.07) is 25.8. The van der Waals surface area contributed by atoms with Crippen LogP contribution >= 0.6 is 0 Å². The third-order valence-electron chi connectivity index (χ3n) is 8.74. The Kier molecular flexibility index (Phi) is 13.1. The number of rotatable bonds is 12. The maximum Gasteiger partial charge on any atom is 1.00 e. The first kappa shape index (κ1) is 44.1. The van der Waals surface area contributed by atoms with E-state index in [4.69, 9.17) is 5.73 Å². The molecule has 7 rings (SSSR count). The summed E-state index contributed by atoms with van der Waals surface area (Å²) in [7, 11) is -5.06. The quantitative estimate of drug-likeness (QED) is 0.0292. The number of aromatic carboxylic acids is 1. The number of nitrogens with two attached hydrogens (primary N) is 1. The number of nitrogens with one attached hydrogen (secondary N) is 2. The second-order valence-electron chi connectivity index (χ2n) is 13.1. The summed E-state index contributed by atoms with van der Waals surface area (Å²) >= 11 is 0. The van der Waals surface area contributed by atoms with Crippen molar-refractivity contribution in [3.8, 4) is 17.5 Å². The first-order valence-corrected chi connectivity index (χ1v) is 19.1. The van der Waals surface area contributed by atoms with Crippen molar-refractivity contribution in [1.29, 1.82) is 0 Å². The number of phenolic OH excluding ortho intramolecular Hbond substituents is 1. The van der Waals surface area contributed by atoms with Gasteiger partial charge in [0.15, 0.2) is 5.75 Å². The van der Waals surface area contributed by atoms with Gasteiger partial charge in [0.05, 0.1) is 38.7 Å². The van der Waals surface area contributed by atoms with Crippen LogP contribution in [0.2, 0.25) is 0 Å². The number of carboxylic acids is 1. The van der Waals surface area contributed by atoms with Crippen molar-refractivity contribution in [2.45, 2.75) is 18.7 Å². The molecule has 0 aliphatic carbocycles. The largest absolute Gasteiger partial charge is 1.00 e. The van der Waals surface area contributed by atoms with E-state index >= 15 is 0 Å². The summed E-state index contributed by atoms with van der Waals surface area (Å²) in [4.78, 5) is 22.7. The molecule has 20 nitrogen and oxygen atoms in total. The van der Waals surface area contributed by atoms with Crippen molar-refractivity contribution in [3.63, 3.8) is 0 Å². The molecule has 1 heterocycles. The van der Waals surface area contributed by atoms with Crippen LogP contribution in [0, 0.1) is 13.8 Å². The van der Waals surface area contributed by atoms with E-state index in [1.165, 1.54) is 24.3 Å². The second-order valence-corrected chi connectivity index (χ2v) is 14.5. The molecule has 306 valence electrons. The van der Waals surface area contributed by atoms with E-state index in [0.29, 0.717) is 34.0 Å². The molecule has 0 aliphatic rings. The first-order chi connectivity index (χ1) is 29.1. The van der Waals surface area contributed by atoms with Gasteiger partial charge < -0.3 is 41.3 Å². The van der Waals surface area contributed by atoms with E-state index < -0.39 is 38.4 Å². The Morgan fingerprint density at radius 2 is 1.15 bits per heavy atom. The van der Waals surface area contributed by atoms with Crippen molar-refractivity contribution < 1.29 is 67.7 Å². The molecule has 0 amide bonds. The molecule has 6 aromatic carbocycles. The number of fused-ring (bicyclic) bond motifs is 1. The zero-order chi connectivity index (χ0) is 43.4. The van der Waals surface area contributed by atoms with E-state index in [9.17, 15) is 38.2 Å². The molecule has 7 aromatic rings. The first-order valence-electron chi connectivity index (χ1n) is 17.7. The minimum atomic E-state index is -5.06. The number of hydrogen-bond acceptors (Lipinski definition) is 19. The number of aromatic nitrogens is 3. The number of benzene rings is 6. The number of nitrogen functional groups attached to an aromatic ring is 1. The number of phenols is 2. The summed E-state index contributed by atoms with van der Waals surface area (Å²) in [6.07, 6.45) is 0. The molecular formula is C40H31N12NaO8S. The van der Waals surface area contributed by atoms with Crippen LogP contribution in [-0.2, 0) is 10.1 Å². The molecule has 0 aliphatic heterocycles. The summed E-state index contributed by atoms with van der Waals surface area (Å²) < 4.78 is 36.8.